The minimum Gasteiger partial charge on any atom is -0.481 e. The Morgan fingerprint density at radius 2 is 1.68 bits per heavy atom. The number of likely N-dealkylation sites (tertiary alicyclic amines) is 1. The maximum atomic E-state index is 12.5. The number of carboxylic acid groups (broad SMARTS) is 1. The van der Waals surface area contributed by atoms with E-state index in [1.165, 1.54) is 24.3 Å². The molecule has 136 valence electrons. The van der Waals surface area contributed by atoms with Gasteiger partial charge in [-0.15, -0.1) is 0 Å². The molecule has 1 aromatic carbocycles. The summed E-state index contributed by atoms with van der Waals surface area (Å²) in [5, 5.41) is 8.83. The van der Waals surface area contributed by atoms with Gasteiger partial charge < -0.3 is 10.0 Å². The summed E-state index contributed by atoms with van der Waals surface area (Å²) in [6, 6.07) is 6.02. The average Bonchev–Trinajstić information content (AvgIpc) is 3.38. The van der Waals surface area contributed by atoms with Crippen LogP contribution >= 0.6 is 0 Å². The van der Waals surface area contributed by atoms with Gasteiger partial charge in [-0.05, 0) is 55.9 Å². The lowest BCUT2D eigenvalue weighted by Crippen LogP contribution is -2.38. The van der Waals surface area contributed by atoms with Gasteiger partial charge in [0.1, 0.15) is 0 Å². The van der Waals surface area contributed by atoms with Crippen LogP contribution in [0.5, 0.6) is 0 Å². The number of nitrogens with zero attached hydrogens (tertiary/aromatic N) is 1. The molecule has 0 spiro atoms. The Labute approximate surface area is 147 Å². The van der Waals surface area contributed by atoms with Crippen molar-refractivity contribution in [2.45, 2.75) is 43.0 Å². The van der Waals surface area contributed by atoms with Crippen molar-refractivity contribution in [3.8, 4) is 0 Å². The zero-order valence-corrected chi connectivity index (χ0v) is 14.7. The quantitative estimate of drug-likeness (QED) is 0.793. The Morgan fingerprint density at radius 1 is 1.08 bits per heavy atom. The van der Waals surface area contributed by atoms with E-state index in [9.17, 15) is 18.0 Å². The number of hydrogen-bond acceptors (Lipinski definition) is 4. The molecule has 3 rings (SSSR count). The molecule has 0 atom stereocenters. The fourth-order valence-electron chi connectivity index (χ4n) is 3.04. The Hall–Kier alpha value is -1.93. The zero-order valence-electron chi connectivity index (χ0n) is 13.8. The van der Waals surface area contributed by atoms with Crippen LogP contribution in [-0.2, 0) is 14.8 Å². The molecule has 1 aliphatic heterocycles. The van der Waals surface area contributed by atoms with E-state index in [2.05, 4.69) is 4.72 Å². The van der Waals surface area contributed by atoms with E-state index >= 15 is 0 Å². The van der Waals surface area contributed by atoms with Gasteiger partial charge in [-0.3, -0.25) is 9.59 Å². The monoisotopic (exact) mass is 366 g/mol. The molecule has 1 aromatic rings. The summed E-state index contributed by atoms with van der Waals surface area (Å²) < 4.78 is 26.9. The van der Waals surface area contributed by atoms with Crippen LogP contribution in [0.25, 0.3) is 0 Å². The number of amides is 1. The Kier molecular flexibility index (Phi) is 5.10. The van der Waals surface area contributed by atoms with Crippen LogP contribution in [0, 0.1) is 5.92 Å². The molecule has 1 heterocycles. The third-order valence-electron chi connectivity index (χ3n) is 4.68. The molecule has 7 nitrogen and oxygen atoms in total. The third kappa shape index (κ3) is 4.58. The number of piperidine rings is 1. The molecular weight excluding hydrogens is 344 g/mol. The molecule has 2 aliphatic rings. The molecule has 1 amide bonds. The lowest BCUT2D eigenvalue weighted by atomic mass is 9.93. The number of carbonyl (C=O) groups is 2. The second-order valence-corrected chi connectivity index (χ2v) is 8.47. The van der Waals surface area contributed by atoms with E-state index in [1.54, 1.807) is 4.90 Å². The maximum Gasteiger partial charge on any atom is 0.303 e. The molecule has 0 radical (unpaired) electrons. The lowest BCUT2D eigenvalue weighted by molar-refractivity contribution is -0.138. The molecule has 0 unspecified atom stereocenters. The largest absolute Gasteiger partial charge is 0.481 e. The third-order valence-corrected chi connectivity index (χ3v) is 6.21. The maximum absolute atomic E-state index is 12.5. The van der Waals surface area contributed by atoms with Crippen LogP contribution in [-0.4, -0.2) is 49.4 Å². The van der Waals surface area contributed by atoms with E-state index in [0.717, 1.165) is 12.8 Å². The highest BCUT2D eigenvalue weighted by Crippen LogP contribution is 2.24. The number of benzene rings is 1. The van der Waals surface area contributed by atoms with Gasteiger partial charge in [0.05, 0.1) is 4.90 Å². The fourth-order valence-corrected chi connectivity index (χ4v) is 4.34. The standard InChI is InChI=1S/C17H22N2O5S/c20-16(21)11-12-7-9-19(10-8-12)17(22)13-1-5-15(6-2-13)25(23,24)18-14-3-4-14/h1-2,5-6,12,14,18H,3-4,7-11H2,(H,20,21). The number of carbonyl (C=O) groups excluding carboxylic acids is 1. The van der Waals surface area contributed by atoms with Crippen LogP contribution in [0.1, 0.15) is 42.5 Å². The zero-order chi connectivity index (χ0) is 18.0. The summed E-state index contributed by atoms with van der Waals surface area (Å²) in [6.07, 6.45) is 3.23. The average molecular weight is 366 g/mol. The van der Waals surface area contributed by atoms with E-state index in [1.807, 2.05) is 0 Å². The van der Waals surface area contributed by atoms with Crippen molar-refractivity contribution in [1.29, 1.82) is 0 Å². The molecule has 8 heteroatoms. The van der Waals surface area contributed by atoms with Gasteiger partial charge in [-0.25, -0.2) is 13.1 Å². The summed E-state index contributed by atoms with van der Waals surface area (Å²) >= 11 is 0. The molecule has 1 aliphatic carbocycles. The summed E-state index contributed by atoms with van der Waals surface area (Å²) in [6.45, 7) is 1.06. The van der Waals surface area contributed by atoms with E-state index < -0.39 is 16.0 Å². The van der Waals surface area contributed by atoms with Gasteiger partial charge >= 0.3 is 5.97 Å². The van der Waals surface area contributed by atoms with E-state index in [4.69, 9.17) is 5.11 Å². The Balaban J connectivity index is 1.60. The fraction of sp³-hybridized carbons (Fsp3) is 0.529. The van der Waals surface area contributed by atoms with Crippen LogP contribution in [0.15, 0.2) is 29.2 Å². The molecule has 2 N–H and O–H groups in total. The second kappa shape index (κ2) is 7.13. The number of hydrogen-bond donors (Lipinski definition) is 2. The molecular formula is C17H22N2O5S. The molecule has 2 fully saturated rings. The SMILES string of the molecule is O=C(O)CC1CCN(C(=O)c2ccc(S(=O)(=O)NC3CC3)cc2)CC1. The van der Waals surface area contributed by atoms with Crippen molar-refractivity contribution < 1.29 is 23.1 Å². The number of sulfonamides is 1. The van der Waals surface area contributed by atoms with E-state index in [0.29, 0.717) is 31.5 Å². The highest BCUT2D eigenvalue weighted by atomic mass is 32.2. The van der Waals surface area contributed by atoms with Crippen molar-refractivity contribution in [2.24, 2.45) is 5.92 Å². The normalized spacial score (nSPS) is 19.0. The summed E-state index contributed by atoms with van der Waals surface area (Å²) in [4.78, 5) is 25.1. The predicted molar refractivity (Wildman–Crippen MR) is 90.7 cm³/mol. The minimum absolute atomic E-state index is 0.0402. The number of nitrogens with one attached hydrogen (secondary N) is 1. The first kappa shape index (κ1) is 17.9. The molecule has 1 saturated carbocycles. The van der Waals surface area contributed by atoms with Gasteiger partial charge in [0, 0.05) is 31.1 Å². The first-order chi connectivity index (χ1) is 11.8. The number of carboxylic acids is 1. The first-order valence-electron chi connectivity index (χ1n) is 8.48. The highest BCUT2D eigenvalue weighted by molar-refractivity contribution is 7.89. The van der Waals surface area contributed by atoms with Crippen molar-refractivity contribution in [3.05, 3.63) is 29.8 Å². The summed E-state index contributed by atoms with van der Waals surface area (Å²) in [5.74, 6) is -0.836. The minimum atomic E-state index is -3.51. The van der Waals surface area contributed by atoms with Gasteiger partial charge in [0.2, 0.25) is 10.0 Å². The first-order valence-corrected chi connectivity index (χ1v) is 9.97. The van der Waals surface area contributed by atoms with Crippen LogP contribution in [0.4, 0.5) is 0 Å². The molecule has 0 aromatic heterocycles. The second-order valence-electron chi connectivity index (χ2n) is 6.75. The smallest absolute Gasteiger partial charge is 0.303 e. The van der Waals surface area contributed by atoms with Crippen LogP contribution < -0.4 is 4.72 Å². The van der Waals surface area contributed by atoms with Crippen LogP contribution in [0.3, 0.4) is 0 Å². The van der Waals surface area contributed by atoms with E-state index in [-0.39, 0.29) is 29.2 Å². The van der Waals surface area contributed by atoms with Crippen molar-refractivity contribution in [3.63, 3.8) is 0 Å². The molecule has 0 bridgehead atoms. The Morgan fingerprint density at radius 3 is 2.20 bits per heavy atom. The van der Waals surface area contributed by atoms with Crippen molar-refractivity contribution >= 4 is 21.9 Å². The predicted octanol–water partition coefficient (Wildman–Crippen LogP) is 1.45. The number of aliphatic carboxylic acids is 1. The molecule has 25 heavy (non-hydrogen) atoms. The van der Waals surface area contributed by atoms with Gasteiger partial charge in [0.25, 0.3) is 5.91 Å². The number of rotatable bonds is 6. The lowest BCUT2D eigenvalue weighted by Gasteiger charge is -2.31. The van der Waals surface area contributed by atoms with Gasteiger partial charge in [0.15, 0.2) is 0 Å². The van der Waals surface area contributed by atoms with Gasteiger partial charge in [-0.1, -0.05) is 0 Å². The van der Waals surface area contributed by atoms with Crippen molar-refractivity contribution in [1.82, 2.24) is 9.62 Å². The molecule has 1 saturated heterocycles. The highest BCUT2D eigenvalue weighted by Gasteiger charge is 2.28. The Bertz CT molecular complexity index is 748. The van der Waals surface area contributed by atoms with Crippen molar-refractivity contribution in [2.75, 3.05) is 13.1 Å². The van der Waals surface area contributed by atoms with Gasteiger partial charge in [-0.2, -0.15) is 0 Å². The summed E-state index contributed by atoms with van der Waals surface area (Å²) in [5.41, 5.74) is 0.446. The summed E-state index contributed by atoms with van der Waals surface area (Å²) in [7, 11) is -3.51. The van der Waals surface area contributed by atoms with Crippen LogP contribution in [0.2, 0.25) is 0 Å². The topological polar surface area (TPSA) is 104 Å².